The predicted molar refractivity (Wildman–Crippen MR) is 103 cm³/mol. The van der Waals surface area contributed by atoms with Crippen LogP contribution < -0.4 is 4.74 Å². The molecule has 0 aromatic carbocycles. The molecule has 0 saturated carbocycles. The molecule has 0 aliphatic carbocycles. The van der Waals surface area contributed by atoms with E-state index in [-0.39, 0.29) is 6.10 Å². The van der Waals surface area contributed by atoms with Crippen LogP contribution in [0, 0.1) is 0 Å². The lowest BCUT2D eigenvalue weighted by atomic mass is 10.1. The first-order valence-corrected chi connectivity index (χ1v) is 9.01. The molecule has 3 heterocycles. The number of thiocarbonyl (C=S) groups is 1. The van der Waals surface area contributed by atoms with E-state index in [0.717, 1.165) is 30.1 Å². The third-order valence-electron chi connectivity index (χ3n) is 4.19. The Morgan fingerprint density at radius 1 is 1.33 bits per heavy atom. The van der Waals surface area contributed by atoms with E-state index in [9.17, 15) is 9.59 Å². The summed E-state index contributed by atoms with van der Waals surface area (Å²) in [6.07, 6.45) is 5.41. The van der Waals surface area contributed by atoms with Gasteiger partial charge >= 0.3 is 11.9 Å². The minimum atomic E-state index is -1.26. The number of nitrogens with zero attached hydrogens (tertiary/aromatic N) is 3. The summed E-state index contributed by atoms with van der Waals surface area (Å²) in [7, 11) is 2.03. The molecule has 3 rings (SSSR count). The van der Waals surface area contributed by atoms with E-state index in [1.54, 1.807) is 6.20 Å². The van der Waals surface area contributed by atoms with Gasteiger partial charge in [0.25, 0.3) is 0 Å². The van der Waals surface area contributed by atoms with Gasteiger partial charge in [-0.1, -0.05) is 12.2 Å². The maximum atomic E-state index is 9.55. The number of carboxylic acid groups (broad SMARTS) is 2. The maximum Gasteiger partial charge on any atom is 0.328 e. The number of likely N-dealkylation sites (tertiary alicyclic amines) is 1. The van der Waals surface area contributed by atoms with Crippen LogP contribution in [-0.4, -0.2) is 81.3 Å². The van der Waals surface area contributed by atoms with Crippen LogP contribution in [0.2, 0.25) is 0 Å². The number of aliphatic carboxylic acids is 2. The number of ether oxygens (including phenoxy) is 1. The molecular formula is C18H23N3O5S. The highest BCUT2D eigenvalue weighted by molar-refractivity contribution is 7.80. The number of fused-ring (bicyclic) bond motifs is 1. The van der Waals surface area contributed by atoms with Crippen molar-refractivity contribution in [3.05, 3.63) is 36.0 Å². The second kappa shape index (κ2) is 9.98. The van der Waals surface area contributed by atoms with Crippen molar-refractivity contribution in [2.45, 2.75) is 18.9 Å². The van der Waals surface area contributed by atoms with Crippen molar-refractivity contribution < 1.29 is 24.5 Å². The fourth-order valence-corrected chi connectivity index (χ4v) is 2.89. The lowest BCUT2D eigenvalue weighted by Gasteiger charge is -2.32. The van der Waals surface area contributed by atoms with Crippen molar-refractivity contribution in [3.8, 4) is 5.88 Å². The summed E-state index contributed by atoms with van der Waals surface area (Å²) < 4.78 is 6.05. The molecule has 0 radical (unpaired) electrons. The number of rotatable bonds is 5. The Labute approximate surface area is 163 Å². The highest BCUT2D eigenvalue weighted by atomic mass is 32.1. The Bertz CT molecular complexity index is 705. The van der Waals surface area contributed by atoms with E-state index in [1.165, 1.54) is 19.5 Å². The highest BCUT2D eigenvalue weighted by Crippen LogP contribution is 2.23. The summed E-state index contributed by atoms with van der Waals surface area (Å²) >= 11 is 5.49. The molecule has 27 heavy (non-hydrogen) atoms. The van der Waals surface area contributed by atoms with Crippen LogP contribution in [0.5, 0.6) is 5.88 Å². The molecule has 1 atom stereocenters. The van der Waals surface area contributed by atoms with Gasteiger partial charge < -0.3 is 24.7 Å². The molecule has 9 heteroatoms. The number of carbonyl (C=O) groups is 2. The molecule has 1 unspecified atom stereocenters. The number of likely N-dealkylation sites (N-methyl/N-ethyl adjacent to an activating group) is 1. The highest BCUT2D eigenvalue weighted by Gasteiger charge is 2.26. The third-order valence-corrected chi connectivity index (χ3v) is 4.72. The van der Waals surface area contributed by atoms with Gasteiger partial charge in [-0.15, -0.1) is 0 Å². The van der Waals surface area contributed by atoms with Gasteiger partial charge in [-0.3, -0.25) is 0 Å². The fourth-order valence-electron chi connectivity index (χ4n) is 2.66. The molecule has 146 valence electrons. The van der Waals surface area contributed by atoms with Crippen LogP contribution in [0.25, 0.3) is 0 Å². The number of carboxylic acids is 2. The largest absolute Gasteiger partial charge is 0.478 e. The van der Waals surface area contributed by atoms with Crippen molar-refractivity contribution >= 4 is 29.1 Å². The molecule has 0 amide bonds. The smallest absolute Gasteiger partial charge is 0.328 e. The first-order valence-electron chi connectivity index (χ1n) is 8.60. The predicted octanol–water partition coefficient (Wildman–Crippen LogP) is 1.26. The lowest BCUT2D eigenvalue weighted by Crippen LogP contribution is -2.41. The molecule has 1 aromatic rings. The van der Waals surface area contributed by atoms with E-state index in [4.69, 9.17) is 27.2 Å². The molecule has 1 aromatic heterocycles. The Morgan fingerprint density at radius 3 is 2.56 bits per heavy atom. The average molecular weight is 393 g/mol. The summed E-state index contributed by atoms with van der Waals surface area (Å²) in [6, 6.07) is 3.89. The number of hydrogen-bond donors (Lipinski definition) is 2. The number of aromatic nitrogens is 1. The van der Waals surface area contributed by atoms with Crippen molar-refractivity contribution in [1.82, 2.24) is 14.8 Å². The zero-order valence-electron chi connectivity index (χ0n) is 15.1. The summed E-state index contributed by atoms with van der Waals surface area (Å²) in [4.78, 5) is 28.8. The second-order valence-corrected chi connectivity index (χ2v) is 6.66. The van der Waals surface area contributed by atoms with Crippen molar-refractivity contribution in [2.75, 3.05) is 33.2 Å². The van der Waals surface area contributed by atoms with Gasteiger partial charge in [-0.05, 0) is 38.1 Å². The monoisotopic (exact) mass is 393 g/mol. The molecule has 0 bridgehead atoms. The fraction of sp³-hybridized carbons (Fsp3) is 0.444. The van der Waals surface area contributed by atoms with E-state index in [1.807, 2.05) is 19.2 Å². The number of pyridine rings is 1. The van der Waals surface area contributed by atoms with Crippen molar-refractivity contribution in [3.63, 3.8) is 0 Å². The second-order valence-electron chi connectivity index (χ2n) is 6.28. The zero-order valence-corrected chi connectivity index (χ0v) is 15.9. The van der Waals surface area contributed by atoms with Gasteiger partial charge in [0.2, 0.25) is 5.88 Å². The maximum absolute atomic E-state index is 9.55. The van der Waals surface area contributed by atoms with E-state index in [0.29, 0.717) is 18.0 Å². The van der Waals surface area contributed by atoms with Crippen LogP contribution in [0.4, 0.5) is 0 Å². The first kappa shape index (κ1) is 20.8. The van der Waals surface area contributed by atoms with Crippen LogP contribution in [-0.2, 0) is 9.59 Å². The quantitative estimate of drug-likeness (QED) is 0.565. The van der Waals surface area contributed by atoms with Crippen LogP contribution >= 0.6 is 12.2 Å². The van der Waals surface area contributed by atoms with Gasteiger partial charge in [-0.25, -0.2) is 14.6 Å². The summed E-state index contributed by atoms with van der Waals surface area (Å²) in [6.45, 7) is 4.40. The van der Waals surface area contributed by atoms with Gasteiger partial charge in [-0.2, -0.15) is 0 Å². The normalized spacial score (nSPS) is 19.2. The average Bonchev–Trinajstić information content (AvgIpc) is 2.70. The third kappa shape index (κ3) is 6.61. The van der Waals surface area contributed by atoms with Gasteiger partial charge in [0, 0.05) is 31.9 Å². The molecule has 2 aliphatic heterocycles. The minimum absolute atomic E-state index is 0.166. The van der Waals surface area contributed by atoms with Crippen molar-refractivity contribution in [1.29, 1.82) is 0 Å². The van der Waals surface area contributed by atoms with E-state index in [2.05, 4.69) is 14.8 Å². The Kier molecular flexibility index (Phi) is 7.68. The van der Waals surface area contributed by atoms with Crippen molar-refractivity contribution in [2.24, 2.45) is 0 Å². The van der Waals surface area contributed by atoms with Crippen LogP contribution in [0.3, 0.4) is 0 Å². The van der Waals surface area contributed by atoms with Crippen LogP contribution in [0.1, 0.15) is 18.4 Å². The summed E-state index contributed by atoms with van der Waals surface area (Å²) in [5.74, 6) is -1.83. The molecule has 0 spiro atoms. The summed E-state index contributed by atoms with van der Waals surface area (Å²) in [5.41, 5.74) is 0.937. The van der Waals surface area contributed by atoms with E-state index >= 15 is 0 Å². The first-order chi connectivity index (χ1) is 12.9. The Hall–Kier alpha value is -2.52. The topological polar surface area (TPSA) is 103 Å². The van der Waals surface area contributed by atoms with Crippen LogP contribution in [0.15, 0.2) is 30.5 Å². The Balaban J connectivity index is 0.000000279. The van der Waals surface area contributed by atoms with Gasteiger partial charge in [0.15, 0.2) is 0 Å². The Morgan fingerprint density at radius 2 is 2.00 bits per heavy atom. The molecular weight excluding hydrogens is 370 g/mol. The molecule has 8 nitrogen and oxygen atoms in total. The lowest BCUT2D eigenvalue weighted by molar-refractivity contribution is -0.134. The molecule has 2 N–H and O–H groups in total. The molecule has 1 saturated heterocycles. The SMILES string of the molecule is CN1CC(CCN2CCC2)Oc2ncccc2C1=S.O=C(O)C=CC(=O)O. The van der Waals surface area contributed by atoms with Gasteiger partial charge in [0.1, 0.15) is 11.1 Å². The molecule has 1 fully saturated rings. The molecule has 2 aliphatic rings. The zero-order chi connectivity index (χ0) is 19.8. The summed E-state index contributed by atoms with van der Waals surface area (Å²) in [5, 5.41) is 15.6. The van der Waals surface area contributed by atoms with E-state index < -0.39 is 11.9 Å². The van der Waals surface area contributed by atoms with Gasteiger partial charge in [0.05, 0.1) is 12.1 Å². The minimum Gasteiger partial charge on any atom is -0.478 e. The number of hydrogen-bond acceptors (Lipinski definition) is 6. The standard InChI is InChI=1S/C14H19N3OS.C4H4O4/c1-16-10-11(5-9-17-7-3-8-17)18-13-12(14(16)19)4-2-6-15-13;5-3(6)1-2-4(7)8/h2,4,6,11H,3,5,7-10H2,1H3;1-2H,(H,5,6)(H,7,8).